The summed E-state index contributed by atoms with van der Waals surface area (Å²) in [4.78, 5) is 2.47. The maximum atomic E-state index is 5.84. The van der Waals surface area contributed by atoms with Gasteiger partial charge in [-0.15, -0.1) is 0 Å². The molecule has 1 saturated heterocycles. The Morgan fingerprint density at radius 2 is 2.17 bits per heavy atom. The third-order valence-electron chi connectivity index (χ3n) is 3.09. The fourth-order valence-electron chi connectivity index (χ4n) is 2.20. The van der Waals surface area contributed by atoms with E-state index in [1.54, 1.807) is 0 Å². The normalized spacial score (nSPS) is 19.7. The molecule has 1 fully saturated rings. The van der Waals surface area contributed by atoms with Gasteiger partial charge in [-0.05, 0) is 26.0 Å². The van der Waals surface area contributed by atoms with Gasteiger partial charge in [0.25, 0.3) is 0 Å². The number of nitrogen functional groups attached to an aromatic ring is 1. The van der Waals surface area contributed by atoms with Gasteiger partial charge in [-0.3, -0.25) is 4.90 Å². The van der Waals surface area contributed by atoms with Crippen LogP contribution in [0.25, 0.3) is 0 Å². The molecule has 3 nitrogen and oxygen atoms in total. The highest BCUT2D eigenvalue weighted by Crippen LogP contribution is 2.29. The van der Waals surface area contributed by atoms with Crippen LogP contribution in [0.3, 0.4) is 0 Å². The van der Waals surface area contributed by atoms with Crippen molar-refractivity contribution in [1.82, 2.24) is 4.90 Å². The van der Waals surface area contributed by atoms with Crippen LogP contribution in [0.1, 0.15) is 13.8 Å². The van der Waals surface area contributed by atoms with Crippen LogP contribution in [0.5, 0.6) is 5.75 Å². The zero-order chi connectivity index (χ0) is 13.0. The molecule has 100 valence electrons. The topological polar surface area (TPSA) is 38.5 Å². The molecule has 0 spiro atoms. The molecule has 1 aromatic rings. The summed E-state index contributed by atoms with van der Waals surface area (Å²) in [6.07, 6.45) is 0. The highest BCUT2D eigenvalue weighted by Gasteiger charge is 2.26. The molecule has 0 atom stereocenters. The van der Waals surface area contributed by atoms with Gasteiger partial charge in [0.2, 0.25) is 0 Å². The van der Waals surface area contributed by atoms with Crippen molar-refractivity contribution in [1.29, 1.82) is 0 Å². The lowest BCUT2D eigenvalue weighted by Gasteiger charge is -2.37. The zero-order valence-corrected chi connectivity index (χ0v) is 12.0. The molecule has 0 aromatic heterocycles. The van der Waals surface area contributed by atoms with Crippen molar-refractivity contribution in [3.63, 3.8) is 0 Å². The number of thioether (sulfide) groups is 1. The van der Waals surface area contributed by atoms with E-state index in [9.17, 15) is 0 Å². The molecule has 0 bridgehead atoms. The number of anilines is 1. The lowest BCUT2D eigenvalue weighted by Crippen LogP contribution is -2.44. The standard InChI is InChI=1S/C14H22N2OS/c1-14(2)11-16(8-10-18-14)7-9-17-13-6-4-3-5-12(13)15/h3-6H,7-11,15H2,1-2H3. The van der Waals surface area contributed by atoms with Crippen molar-refractivity contribution in [3.8, 4) is 5.75 Å². The lowest BCUT2D eigenvalue weighted by atomic mass is 10.2. The molecule has 0 unspecified atom stereocenters. The van der Waals surface area contributed by atoms with Gasteiger partial charge in [0.05, 0.1) is 5.69 Å². The van der Waals surface area contributed by atoms with Gasteiger partial charge in [0.1, 0.15) is 12.4 Å². The Hall–Kier alpha value is -0.870. The van der Waals surface area contributed by atoms with Gasteiger partial charge in [0, 0.05) is 30.1 Å². The average molecular weight is 266 g/mol. The minimum absolute atomic E-state index is 0.365. The number of hydrogen-bond acceptors (Lipinski definition) is 4. The van der Waals surface area contributed by atoms with Crippen LogP contribution in [-0.4, -0.2) is 41.6 Å². The Morgan fingerprint density at radius 3 is 2.89 bits per heavy atom. The Kier molecular flexibility index (Phi) is 4.40. The van der Waals surface area contributed by atoms with Crippen molar-refractivity contribution in [3.05, 3.63) is 24.3 Å². The monoisotopic (exact) mass is 266 g/mol. The summed E-state index contributed by atoms with van der Waals surface area (Å²) in [6, 6.07) is 7.67. The third-order valence-corrected chi connectivity index (χ3v) is 4.39. The zero-order valence-electron chi connectivity index (χ0n) is 11.2. The van der Waals surface area contributed by atoms with E-state index in [1.807, 2.05) is 24.3 Å². The maximum absolute atomic E-state index is 5.84. The highest BCUT2D eigenvalue weighted by molar-refractivity contribution is 8.00. The molecule has 2 N–H and O–H groups in total. The molecular weight excluding hydrogens is 244 g/mol. The van der Waals surface area contributed by atoms with Crippen LogP contribution in [0.15, 0.2) is 24.3 Å². The summed E-state index contributed by atoms with van der Waals surface area (Å²) in [6.45, 7) is 8.57. The minimum Gasteiger partial charge on any atom is -0.490 e. The average Bonchev–Trinajstić information content (AvgIpc) is 2.30. The SMILES string of the molecule is CC1(C)CN(CCOc2ccccc2N)CCS1. The van der Waals surface area contributed by atoms with Gasteiger partial charge >= 0.3 is 0 Å². The fraction of sp³-hybridized carbons (Fsp3) is 0.571. The second-order valence-corrected chi connectivity index (χ2v) is 7.07. The number of benzene rings is 1. The third kappa shape index (κ3) is 3.82. The predicted molar refractivity (Wildman–Crippen MR) is 79.3 cm³/mol. The minimum atomic E-state index is 0.365. The molecule has 2 rings (SSSR count). The number of rotatable bonds is 4. The summed E-state index contributed by atoms with van der Waals surface area (Å²) in [5.41, 5.74) is 6.56. The largest absolute Gasteiger partial charge is 0.490 e. The predicted octanol–water partition coefficient (Wildman–Crippen LogP) is 2.48. The van der Waals surface area contributed by atoms with Gasteiger partial charge < -0.3 is 10.5 Å². The van der Waals surface area contributed by atoms with Crippen molar-refractivity contribution < 1.29 is 4.74 Å². The van der Waals surface area contributed by atoms with Crippen LogP contribution in [0.4, 0.5) is 5.69 Å². The first-order valence-corrected chi connectivity index (χ1v) is 7.39. The van der Waals surface area contributed by atoms with Crippen LogP contribution in [0, 0.1) is 0 Å². The first kappa shape index (κ1) is 13.6. The van der Waals surface area contributed by atoms with Gasteiger partial charge in [-0.25, -0.2) is 0 Å². The summed E-state index contributed by atoms with van der Waals surface area (Å²) < 4.78 is 6.10. The van der Waals surface area contributed by atoms with Gasteiger partial charge in [-0.2, -0.15) is 11.8 Å². The van der Waals surface area contributed by atoms with Crippen LogP contribution >= 0.6 is 11.8 Å². The molecule has 0 aliphatic carbocycles. The number of para-hydroxylation sites is 2. The number of nitrogens with two attached hydrogens (primary N) is 1. The molecule has 1 aliphatic heterocycles. The summed E-state index contributed by atoms with van der Waals surface area (Å²) in [5, 5.41) is 0. The van der Waals surface area contributed by atoms with E-state index in [-0.39, 0.29) is 0 Å². The molecule has 0 amide bonds. The van der Waals surface area contributed by atoms with Crippen LogP contribution in [-0.2, 0) is 0 Å². The number of nitrogens with zero attached hydrogens (tertiary/aromatic N) is 1. The smallest absolute Gasteiger partial charge is 0.142 e. The lowest BCUT2D eigenvalue weighted by molar-refractivity contribution is 0.202. The van der Waals surface area contributed by atoms with Crippen molar-refractivity contribution in [2.24, 2.45) is 0 Å². The Morgan fingerprint density at radius 1 is 1.39 bits per heavy atom. The first-order chi connectivity index (χ1) is 8.57. The van der Waals surface area contributed by atoms with Crippen molar-refractivity contribution in [2.45, 2.75) is 18.6 Å². The van der Waals surface area contributed by atoms with E-state index in [1.165, 1.54) is 5.75 Å². The van der Waals surface area contributed by atoms with E-state index >= 15 is 0 Å². The van der Waals surface area contributed by atoms with Gasteiger partial charge in [0.15, 0.2) is 0 Å². The second-order valence-electron chi connectivity index (χ2n) is 5.27. The Labute approximate surface area is 114 Å². The summed E-state index contributed by atoms with van der Waals surface area (Å²) in [7, 11) is 0. The number of hydrogen-bond donors (Lipinski definition) is 1. The quantitative estimate of drug-likeness (QED) is 0.850. The molecule has 0 saturated carbocycles. The maximum Gasteiger partial charge on any atom is 0.142 e. The Balaban J connectivity index is 1.77. The van der Waals surface area contributed by atoms with Crippen LogP contribution in [0.2, 0.25) is 0 Å². The van der Waals surface area contributed by atoms with E-state index < -0.39 is 0 Å². The number of ether oxygens (including phenoxy) is 1. The van der Waals surface area contributed by atoms with Crippen molar-refractivity contribution >= 4 is 17.4 Å². The molecule has 4 heteroatoms. The van der Waals surface area contributed by atoms with E-state index in [0.29, 0.717) is 17.0 Å². The molecule has 1 heterocycles. The summed E-state index contributed by atoms with van der Waals surface area (Å²) in [5.74, 6) is 2.00. The van der Waals surface area contributed by atoms with E-state index in [4.69, 9.17) is 10.5 Å². The van der Waals surface area contributed by atoms with Gasteiger partial charge in [-0.1, -0.05) is 12.1 Å². The first-order valence-electron chi connectivity index (χ1n) is 6.40. The van der Waals surface area contributed by atoms with Crippen molar-refractivity contribution in [2.75, 3.05) is 37.7 Å². The Bertz CT molecular complexity index is 395. The second kappa shape index (κ2) is 5.85. The molecular formula is C14H22N2OS. The molecule has 0 radical (unpaired) electrons. The van der Waals surface area contributed by atoms with Crippen LogP contribution < -0.4 is 10.5 Å². The molecule has 18 heavy (non-hydrogen) atoms. The summed E-state index contributed by atoms with van der Waals surface area (Å²) >= 11 is 2.05. The molecule has 1 aromatic carbocycles. The highest BCUT2D eigenvalue weighted by atomic mass is 32.2. The van der Waals surface area contributed by atoms with E-state index in [0.717, 1.165) is 25.4 Å². The molecule has 1 aliphatic rings. The van der Waals surface area contributed by atoms with E-state index in [2.05, 4.69) is 30.5 Å². The fourth-order valence-corrected chi connectivity index (χ4v) is 3.38.